The zero-order valence-corrected chi connectivity index (χ0v) is 9.86. The van der Waals surface area contributed by atoms with E-state index in [1.165, 1.54) is 4.90 Å². The van der Waals surface area contributed by atoms with Crippen molar-refractivity contribution in [2.24, 2.45) is 0 Å². The van der Waals surface area contributed by atoms with Crippen molar-refractivity contribution in [3.05, 3.63) is 0 Å². The number of amides is 2. The Morgan fingerprint density at radius 2 is 2.06 bits per heavy atom. The molecule has 0 bridgehead atoms. The predicted molar refractivity (Wildman–Crippen MR) is 60.9 cm³/mol. The van der Waals surface area contributed by atoms with Crippen LogP contribution in [0, 0.1) is 12.3 Å². The molecule has 90 valence electrons. The second kappa shape index (κ2) is 6.72. The van der Waals surface area contributed by atoms with Crippen LogP contribution in [-0.2, 0) is 4.79 Å². The van der Waals surface area contributed by atoms with E-state index in [1.807, 2.05) is 6.92 Å². The monoisotopic (exact) mass is 226 g/mol. The van der Waals surface area contributed by atoms with Gasteiger partial charge in [-0.05, 0) is 20.3 Å². The van der Waals surface area contributed by atoms with Gasteiger partial charge >= 0.3 is 12.0 Å². The van der Waals surface area contributed by atoms with E-state index in [4.69, 9.17) is 11.5 Å². The van der Waals surface area contributed by atoms with Crippen LogP contribution in [0.25, 0.3) is 0 Å². The highest BCUT2D eigenvalue weighted by Crippen LogP contribution is 2.04. The Morgan fingerprint density at radius 3 is 2.44 bits per heavy atom. The van der Waals surface area contributed by atoms with Gasteiger partial charge in [-0.15, -0.1) is 6.42 Å². The van der Waals surface area contributed by atoms with E-state index in [9.17, 15) is 9.59 Å². The molecule has 0 aromatic heterocycles. The van der Waals surface area contributed by atoms with Gasteiger partial charge in [-0.2, -0.15) is 0 Å². The first-order valence-electron chi connectivity index (χ1n) is 5.17. The normalized spacial score (nSPS) is 13.4. The number of carbonyl (C=O) groups is 2. The van der Waals surface area contributed by atoms with Gasteiger partial charge in [0.25, 0.3) is 0 Å². The van der Waals surface area contributed by atoms with E-state index in [0.29, 0.717) is 6.42 Å². The summed E-state index contributed by atoms with van der Waals surface area (Å²) in [6.45, 7) is 5.02. The van der Waals surface area contributed by atoms with E-state index < -0.39 is 18.0 Å². The molecule has 0 fully saturated rings. The van der Waals surface area contributed by atoms with E-state index in [1.54, 1.807) is 13.8 Å². The molecule has 5 nitrogen and oxygen atoms in total. The van der Waals surface area contributed by atoms with Gasteiger partial charge < -0.3 is 15.3 Å². The molecule has 0 rings (SSSR count). The maximum atomic E-state index is 11.7. The van der Waals surface area contributed by atoms with Gasteiger partial charge in [-0.1, -0.05) is 12.8 Å². The summed E-state index contributed by atoms with van der Waals surface area (Å²) in [6, 6.07) is -0.990. The molecule has 0 aliphatic carbocycles. The standard InChI is InChI=1S/C11H18N2O3/c1-5-8(3)12-11(16)13(7-10(14)15)9(4)6-2/h1,8-9H,6-7H2,2-4H3,(H,12,16)(H,14,15). The molecular weight excluding hydrogens is 208 g/mol. The SMILES string of the molecule is C#CC(C)NC(=O)N(CC(=O)O)C(C)CC. The van der Waals surface area contributed by atoms with Crippen LogP contribution in [0.3, 0.4) is 0 Å². The summed E-state index contributed by atoms with van der Waals surface area (Å²) in [4.78, 5) is 23.6. The minimum Gasteiger partial charge on any atom is -0.480 e. The molecule has 0 spiro atoms. The maximum Gasteiger partial charge on any atom is 0.323 e. The molecule has 0 aliphatic heterocycles. The number of rotatable bonds is 5. The number of nitrogens with one attached hydrogen (secondary N) is 1. The summed E-state index contributed by atoms with van der Waals surface area (Å²) in [5, 5.41) is 11.2. The summed E-state index contributed by atoms with van der Waals surface area (Å²) in [6.07, 6.45) is 5.82. The summed E-state index contributed by atoms with van der Waals surface area (Å²) < 4.78 is 0. The van der Waals surface area contributed by atoms with Gasteiger partial charge in [0.1, 0.15) is 6.54 Å². The average molecular weight is 226 g/mol. The zero-order valence-electron chi connectivity index (χ0n) is 9.86. The molecule has 0 saturated carbocycles. The number of terminal acetylenes is 1. The third kappa shape index (κ3) is 4.69. The highest BCUT2D eigenvalue weighted by molar-refractivity contribution is 5.80. The Morgan fingerprint density at radius 1 is 1.50 bits per heavy atom. The van der Waals surface area contributed by atoms with Gasteiger partial charge in [0.2, 0.25) is 0 Å². The smallest absolute Gasteiger partial charge is 0.323 e. The summed E-state index contributed by atoms with van der Waals surface area (Å²) in [5.41, 5.74) is 0. The van der Waals surface area contributed by atoms with Crippen molar-refractivity contribution in [3.8, 4) is 12.3 Å². The second-order valence-corrected chi connectivity index (χ2v) is 3.62. The van der Waals surface area contributed by atoms with Crippen molar-refractivity contribution in [1.82, 2.24) is 10.2 Å². The van der Waals surface area contributed by atoms with Gasteiger partial charge in [0.05, 0.1) is 6.04 Å². The number of aliphatic carboxylic acids is 1. The number of carbonyl (C=O) groups excluding carboxylic acids is 1. The lowest BCUT2D eigenvalue weighted by Crippen LogP contribution is -2.49. The number of hydrogen-bond donors (Lipinski definition) is 2. The highest BCUT2D eigenvalue weighted by Gasteiger charge is 2.22. The number of hydrogen-bond acceptors (Lipinski definition) is 2. The fraction of sp³-hybridized carbons (Fsp3) is 0.636. The predicted octanol–water partition coefficient (Wildman–Crippen LogP) is 0.903. The molecule has 0 radical (unpaired) electrons. The van der Waals surface area contributed by atoms with Crippen LogP contribution in [0.4, 0.5) is 4.79 Å². The molecule has 2 atom stereocenters. The number of carboxylic acids is 1. The van der Waals surface area contributed by atoms with E-state index in [-0.39, 0.29) is 12.6 Å². The third-order valence-electron chi connectivity index (χ3n) is 2.28. The topological polar surface area (TPSA) is 69.6 Å². The number of nitrogens with zero attached hydrogens (tertiary/aromatic N) is 1. The van der Waals surface area contributed by atoms with E-state index in [2.05, 4.69) is 11.2 Å². The molecule has 0 aromatic rings. The summed E-state index contributed by atoms with van der Waals surface area (Å²) >= 11 is 0. The van der Waals surface area contributed by atoms with Crippen molar-refractivity contribution in [1.29, 1.82) is 0 Å². The van der Waals surface area contributed by atoms with Crippen LogP contribution in [0.5, 0.6) is 0 Å². The van der Waals surface area contributed by atoms with Crippen LogP contribution in [0.1, 0.15) is 27.2 Å². The van der Waals surface area contributed by atoms with Crippen molar-refractivity contribution in [3.63, 3.8) is 0 Å². The average Bonchev–Trinajstić information content (AvgIpc) is 2.24. The third-order valence-corrected chi connectivity index (χ3v) is 2.28. The van der Waals surface area contributed by atoms with Gasteiger partial charge in [0.15, 0.2) is 0 Å². The summed E-state index contributed by atoms with van der Waals surface area (Å²) in [7, 11) is 0. The number of urea groups is 1. The minimum atomic E-state index is -1.04. The van der Waals surface area contributed by atoms with Gasteiger partial charge in [-0.3, -0.25) is 4.79 Å². The molecule has 5 heteroatoms. The van der Waals surface area contributed by atoms with Crippen LogP contribution in [0.15, 0.2) is 0 Å². The second-order valence-electron chi connectivity index (χ2n) is 3.62. The van der Waals surface area contributed by atoms with Crippen molar-refractivity contribution in [2.75, 3.05) is 6.54 Å². The largest absolute Gasteiger partial charge is 0.480 e. The Bertz CT molecular complexity index is 296. The molecule has 0 aliphatic rings. The Labute approximate surface area is 95.8 Å². The first-order chi connectivity index (χ1) is 7.42. The van der Waals surface area contributed by atoms with E-state index in [0.717, 1.165) is 0 Å². The van der Waals surface area contributed by atoms with Crippen LogP contribution < -0.4 is 5.32 Å². The minimum absolute atomic E-state index is 0.138. The quantitative estimate of drug-likeness (QED) is 0.684. The molecule has 0 aromatic carbocycles. The molecule has 0 heterocycles. The molecule has 2 unspecified atom stereocenters. The van der Waals surface area contributed by atoms with Crippen LogP contribution in [-0.4, -0.2) is 40.6 Å². The van der Waals surface area contributed by atoms with Gasteiger partial charge in [-0.25, -0.2) is 4.79 Å². The lowest BCUT2D eigenvalue weighted by Gasteiger charge is -2.27. The fourth-order valence-corrected chi connectivity index (χ4v) is 1.10. The van der Waals surface area contributed by atoms with Crippen LogP contribution in [0.2, 0.25) is 0 Å². The molecular formula is C11H18N2O3. The fourth-order valence-electron chi connectivity index (χ4n) is 1.10. The zero-order chi connectivity index (χ0) is 12.7. The Kier molecular flexibility index (Phi) is 6.01. The van der Waals surface area contributed by atoms with Gasteiger partial charge in [0, 0.05) is 6.04 Å². The molecule has 2 amide bonds. The highest BCUT2D eigenvalue weighted by atomic mass is 16.4. The Hall–Kier alpha value is -1.70. The summed E-state index contributed by atoms with van der Waals surface area (Å²) in [5.74, 6) is 1.32. The molecule has 16 heavy (non-hydrogen) atoms. The van der Waals surface area contributed by atoms with Crippen molar-refractivity contribution in [2.45, 2.75) is 39.3 Å². The maximum absolute atomic E-state index is 11.7. The first-order valence-corrected chi connectivity index (χ1v) is 5.17. The van der Waals surface area contributed by atoms with Crippen molar-refractivity contribution >= 4 is 12.0 Å². The number of carboxylic acid groups (broad SMARTS) is 1. The van der Waals surface area contributed by atoms with Crippen molar-refractivity contribution < 1.29 is 14.7 Å². The molecule has 2 N–H and O–H groups in total. The van der Waals surface area contributed by atoms with E-state index >= 15 is 0 Å². The van der Waals surface area contributed by atoms with Crippen LogP contribution >= 0.6 is 0 Å². The lowest BCUT2D eigenvalue weighted by molar-refractivity contribution is -0.138. The lowest BCUT2D eigenvalue weighted by atomic mass is 10.2. The Balaban J connectivity index is 4.57. The molecule has 0 saturated heterocycles. The first kappa shape index (κ1) is 14.3.